The van der Waals surface area contributed by atoms with Crippen molar-refractivity contribution in [1.29, 1.82) is 0 Å². The molecule has 2 spiro atoms. The summed E-state index contributed by atoms with van der Waals surface area (Å²) in [5, 5.41) is 0. The van der Waals surface area contributed by atoms with E-state index in [1.165, 1.54) is 0 Å². The first-order valence-electron chi connectivity index (χ1n) is 25.4. The number of hydrogen-bond donors (Lipinski definition) is 0. The minimum Gasteiger partial charge on any atom is -0.497 e. The SMILES string of the molecule is C=C1CC2CC[C@@]34OC5[C@H]6O[C@H](CC[C@@H]6O[C@H]6C(O3)[C@]3(O[C@@H](c7ccc(OC)cc7)O[C@@H]43)O[C@@H]56)CC(=O)O[C@@H]3[C@@H](C)[C@@H]4O[C@H](CCC)[C@H](C)C[C@@H]4O[C@H]3CC3O[C@@H](CCC1O2)C[C@@H](C)C3=C. The fourth-order valence-corrected chi connectivity index (χ4v) is 13.9. The number of methoxy groups -OCH3 is 1. The molecule has 12 aliphatic rings. The van der Waals surface area contributed by atoms with E-state index in [1.807, 2.05) is 24.3 Å². The van der Waals surface area contributed by atoms with Gasteiger partial charge in [0, 0.05) is 24.3 Å². The van der Waals surface area contributed by atoms with Gasteiger partial charge in [-0.1, -0.05) is 59.4 Å². The maximum Gasteiger partial charge on any atom is 0.308 e. The minimum absolute atomic E-state index is 0.0103. The zero-order valence-electron chi connectivity index (χ0n) is 39.3. The van der Waals surface area contributed by atoms with Crippen LogP contribution in [0.3, 0.4) is 0 Å². The highest BCUT2D eigenvalue weighted by molar-refractivity contribution is 5.70. The van der Waals surface area contributed by atoms with E-state index in [2.05, 4.69) is 40.9 Å². The first-order chi connectivity index (χ1) is 31.9. The fourth-order valence-electron chi connectivity index (χ4n) is 13.9. The summed E-state index contributed by atoms with van der Waals surface area (Å²) in [6.45, 7) is 18.0. The average Bonchev–Trinajstić information content (AvgIpc) is 3.98. The summed E-state index contributed by atoms with van der Waals surface area (Å²) in [6, 6.07) is 7.69. The van der Waals surface area contributed by atoms with Gasteiger partial charge in [0.25, 0.3) is 0 Å². The Labute approximate surface area is 388 Å². The zero-order valence-corrected chi connectivity index (χ0v) is 39.3. The lowest BCUT2D eigenvalue weighted by molar-refractivity contribution is -0.329. The van der Waals surface area contributed by atoms with E-state index in [1.54, 1.807) is 7.11 Å². The van der Waals surface area contributed by atoms with Gasteiger partial charge in [-0.3, -0.25) is 4.79 Å². The third-order valence-corrected chi connectivity index (χ3v) is 17.4. The number of carbonyl (C=O) groups is 1. The summed E-state index contributed by atoms with van der Waals surface area (Å²) in [5.74, 6) is -1.58. The molecule has 14 nitrogen and oxygen atoms in total. The molecule has 12 heterocycles. The minimum atomic E-state index is -1.27. The summed E-state index contributed by atoms with van der Waals surface area (Å²) < 4.78 is 88.9. The van der Waals surface area contributed by atoms with Crippen molar-refractivity contribution in [3.05, 3.63) is 54.1 Å². The van der Waals surface area contributed by atoms with Crippen molar-refractivity contribution in [2.75, 3.05) is 7.11 Å². The standard InChI is InChI=1S/C52H70O14/c1-8-9-35-27(4)22-39-42(59-35)29(6)43-40(58-39)24-38-28(5)25(2)20-32(56-38)14-16-36-26(3)21-34(55-36)18-19-51-50-52(66-49(62-50)30-10-12-31(54-7)13-11-30)48(65-51)47-46(64-52)45(63-51)44-37(60-47)17-15-33(57-44)23-41(53)61-43/h10-13,25,27,29,32-40,42-50H,3,5,8-9,14-24H2,1-2,4,6-7H3/t25-,27-,29+,32+,33-,34?,35-,36?,37+,38?,39+,40+,42+,43-,44+,45?,46+,47-,48?,49+,50+,51-,52-/m1/s1. The van der Waals surface area contributed by atoms with Crippen molar-refractivity contribution in [1.82, 2.24) is 0 Å². The molecule has 12 saturated heterocycles. The molecule has 1 aromatic rings. The third-order valence-electron chi connectivity index (χ3n) is 17.4. The second-order valence-electron chi connectivity index (χ2n) is 21.7. The van der Waals surface area contributed by atoms with E-state index in [4.69, 9.17) is 61.6 Å². The summed E-state index contributed by atoms with van der Waals surface area (Å²) >= 11 is 0. The van der Waals surface area contributed by atoms with E-state index in [0.29, 0.717) is 38.0 Å². The normalized spacial score (nSPS) is 51.9. The number of fused-ring (bicyclic) bond motifs is 7. The summed E-state index contributed by atoms with van der Waals surface area (Å²) in [4.78, 5) is 14.4. The Balaban J connectivity index is 0.853. The van der Waals surface area contributed by atoms with E-state index < -0.39 is 72.8 Å². The smallest absolute Gasteiger partial charge is 0.308 e. The van der Waals surface area contributed by atoms with Crippen LogP contribution in [0.2, 0.25) is 0 Å². The van der Waals surface area contributed by atoms with Gasteiger partial charge in [0.05, 0.1) is 74.6 Å². The number of carbonyl (C=O) groups excluding carboxylic acids is 1. The monoisotopic (exact) mass is 918 g/mol. The van der Waals surface area contributed by atoms with Crippen LogP contribution in [0.15, 0.2) is 48.6 Å². The van der Waals surface area contributed by atoms with Crippen LogP contribution in [0.1, 0.15) is 123 Å². The Morgan fingerprint density at radius 1 is 0.682 bits per heavy atom. The Morgan fingerprint density at radius 3 is 2.27 bits per heavy atom. The maximum atomic E-state index is 14.4. The summed E-state index contributed by atoms with van der Waals surface area (Å²) in [6.07, 6.45) is 2.83. The van der Waals surface area contributed by atoms with Crippen LogP contribution < -0.4 is 4.74 Å². The van der Waals surface area contributed by atoms with E-state index in [9.17, 15) is 4.79 Å². The Kier molecular flexibility index (Phi) is 11.6. The number of ether oxygens (including phenoxy) is 13. The van der Waals surface area contributed by atoms with Crippen molar-refractivity contribution < 1.29 is 66.4 Å². The maximum absolute atomic E-state index is 14.4. The van der Waals surface area contributed by atoms with Gasteiger partial charge in [-0.25, -0.2) is 0 Å². The molecule has 12 fully saturated rings. The van der Waals surface area contributed by atoms with Gasteiger partial charge in [0.15, 0.2) is 12.4 Å². The van der Waals surface area contributed by atoms with E-state index in [-0.39, 0.29) is 73.1 Å². The zero-order chi connectivity index (χ0) is 45.2. The van der Waals surface area contributed by atoms with Gasteiger partial charge < -0.3 is 61.6 Å². The molecule has 5 unspecified atom stereocenters. The molecule has 0 aromatic heterocycles. The number of benzene rings is 1. The first kappa shape index (κ1) is 44.7. The summed E-state index contributed by atoms with van der Waals surface area (Å²) in [7, 11) is 1.65. The lowest BCUT2D eigenvalue weighted by atomic mass is 9.78. The topological polar surface area (TPSA) is 137 Å². The second-order valence-corrected chi connectivity index (χ2v) is 21.7. The highest BCUT2D eigenvalue weighted by Crippen LogP contribution is 2.64. The molecule has 66 heavy (non-hydrogen) atoms. The molecule has 23 atom stereocenters. The molecule has 12 bridgehead atoms. The second kappa shape index (κ2) is 17.1. The van der Waals surface area contributed by atoms with Crippen molar-refractivity contribution in [2.45, 2.75) is 233 Å². The van der Waals surface area contributed by atoms with E-state index in [0.717, 1.165) is 67.4 Å². The molecule has 362 valence electrons. The van der Waals surface area contributed by atoms with Gasteiger partial charge in [-0.15, -0.1) is 0 Å². The average molecular weight is 919 g/mol. The molecule has 0 N–H and O–H groups in total. The Hall–Kier alpha value is -2.47. The van der Waals surface area contributed by atoms with Gasteiger partial charge in [-0.05, 0) is 92.9 Å². The number of hydrogen-bond acceptors (Lipinski definition) is 14. The number of rotatable bonds is 4. The lowest BCUT2D eigenvalue weighted by Gasteiger charge is -2.51. The van der Waals surface area contributed by atoms with Gasteiger partial charge in [0.2, 0.25) is 11.6 Å². The molecule has 12 aliphatic heterocycles. The van der Waals surface area contributed by atoms with Crippen LogP contribution in [0, 0.1) is 17.8 Å². The Bertz CT molecular complexity index is 2010. The molecular formula is C52H70O14. The lowest BCUT2D eigenvalue weighted by Crippen LogP contribution is -2.63. The van der Waals surface area contributed by atoms with Crippen molar-refractivity contribution in [3.8, 4) is 5.75 Å². The predicted molar refractivity (Wildman–Crippen MR) is 235 cm³/mol. The number of esters is 1. The first-order valence-corrected chi connectivity index (χ1v) is 25.4. The molecule has 0 amide bonds. The molecule has 0 radical (unpaired) electrons. The van der Waals surface area contributed by atoms with Crippen LogP contribution in [-0.2, 0) is 61.6 Å². The van der Waals surface area contributed by atoms with Crippen LogP contribution in [0.4, 0.5) is 0 Å². The van der Waals surface area contributed by atoms with Gasteiger partial charge >= 0.3 is 5.97 Å². The van der Waals surface area contributed by atoms with Crippen molar-refractivity contribution >= 4 is 5.97 Å². The van der Waals surface area contributed by atoms with E-state index >= 15 is 0 Å². The molecular weight excluding hydrogens is 849 g/mol. The van der Waals surface area contributed by atoms with Crippen molar-refractivity contribution in [2.24, 2.45) is 17.8 Å². The highest BCUT2D eigenvalue weighted by atomic mass is 16.9. The molecule has 14 heteroatoms. The molecule has 0 aliphatic carbocycles. The summed E-state index contributed by atoms with van der Waals surface area (Å²) in [5.41, 5.74) is 3.00. The van der Waals surface area contributed by atoms with Gasteiger partial charge in [0.1, 0.15) is 42.4 Å². The fraction of sp³-hybridized carbons (Fsp3) is 0.788. The quantitative estimate of drug-likeness (QED) is 0.220. The van der Waals surface area contributed by atoms with Gasteiger partial charge in [-0.2, -0.15) is 0 Å². The predicted octanol–water partition coefficient (Wildman–Crippen LogP) is 7.34. The molecule has 0 saturated carbocycles. The largest absolute Gasteiger partial charge is 0.497 e. The third kappa shape index (κ3) is 7.40. The van der Waals surface area contributed by atoms with Crippen LogP contribution in [-0.4, -0.2) is 128 Å². The highest BCUT2D eigenvalue weighted by Gasteiger charge is 2.83. The molecule has 1 aromatic carbocycles. The Morgan fingerprint density at radius 2 is 1.45 bits per heavy atom. The van der Waals surface area contributed by atoms with Crippen molar-refractivity contribution in [3.63, 3.8) is 0 Å². The molecule has 13 rings (SSSR count). The van der Waals surface area contributed by atoms with Crippen LogP contribution in [0.25, 0.3) is 0 Å². The van der Waals surface area contributed by atoms with Crippen LogP contribution in [0.5, 0.6) is 5.75 Å². The van der Waals surface area contributed by atoms with Crippen LogP contribution >= 0.6 is 0 Å².